The molecule has 0 spiro atoms. The van der Waals surface area contributed by atoms with Crippen molar-refractivity contribution in [3.8, 4) is 0 Å². The predicted molar refractivity (Wildman–Crippen MR) is 160 cm³/mol. The number of anilines is 3. The van der Waals surface area contributed by atoms with Gasteiger partial charge in [0.05, 0.1) is 5.69 Å². The molecular formula is C31H24BrN3O3S. The fraction of sp³-hybridized carbons (Fsp3) is 0.0645. The standard InChI is InChI=1S/C31H24BrN3O3S/c1-19-8-13-24(18-20(19)2)33-27-28(31(38)35(30(27)37)25-6-4-3-5-7-25)39-26-16-14-23(15-17-26)34-29(36)21-9-11-22(32)12-10-21/h3-18,33H,1-2H3,(H,34,36). The van der Waals surface area contributed by atoms with Crippen molar-refractivity contribution in [3.63, 3.8) is 0 Å². The maximum Gasteiger partial charge on any atom is 0.283 e. The second-order valence-corrected chi connectivity index (χ2v) is 11.0. The average Bonchev–Trinajstić information content (AvgIpc) is 3.16. The van der Waals surface area contributed by atoms with E-state index in [4.69, 9.17) is 0 Å². The number of rotatable bonds is 7. The van der Waals surface area contributed by atoms with Crippen molar-refractivity contribution in [2.45, 2.75) is 18.7 Å². The molecule has 0 fully saturated rings. The third-order valence-corrected chi connectivity index (χ3v) is 7.89. The molecule has 0 saturated heterocycles. The van der Waals surface area contributed by atoms with Gasteiger partial charge in [0, 0.05) is 26.3 Å². The van der Waals surface area contributed by atoms with Gasteiger partial charge in [-0.15, -0.1) is 0 Å². The van der Waals surface area contributed by atoms with E-state index in [0.717, 1.165) is 26.2 Å². The zero-order chi connectivity index (χ0) is 27.5. The van der Waals surface area contributed by atoms with Gasteiger partial charge in [-0.2, -0.15) is 0 Å². The van der Waals surface area contributed by atoms with Crippen molar-refractivity contribution in [3.05, 3.63) is 129 Å². The molecule has 6 nitrogen and oxygen atoms in total. The number of hydrogen-bond acceptors (Lipinski definition) is 5. The monoisotopic (exact) mass is 597 g/mol. The van der Waals surface area contributed by atoms with E-state index in [9.17, 15) is 14.4 Å². The molecule has 3 amide bonds. The van der Waals surface area contributed by atoms with Crippen LogP contribution >= 0.6 is 27.7 Å². The molecule has 194 valence electrons. The second-order valence-electron chi connectivity index (χ2n) is 9.00. The van der Waals surface area contributed by atoms with Gasteiger partial charge in [0.2, 0.25) is 0 Å². The van der Waals surface area contributed by atoms with Crippen LogP contribution in [0, 0.1) is 13.8 Å². The molecule has 8 heteroatoms. The second kappa shape index (κ2) is 11.3. The number of carbonyl (C=O) groups is 3. The van der Waals surface area contributed by atoms with E-state index in [2.05, 4.69) is 26.6 Å². The highest BCUT2D eigenvalue weighted by molar-refractivity contribution is 9.10. The maximum atomic E-state index is 13.6. The summed E-state index contributed by atoms with van der Waals surface area (Å²) in [5, 5.41) is 6.08. The van der Waals surface area contributed by atoms with Gasteiger partial charge in [-0.25, -0.2) is 4.90 Å². The van der Waals surface area contributed by atoms with E-state index in [1.54, 1.807) is 48.5 Å². The number of aryl methyl sites for hydroxylation is 2. The zero-order valence-corrected chi connectivity index (χ0v) is 23.6. The van der Waals surface area contributed by atoms with E-state index < -0.39 is 11.8 Å². The van der Waals surface area contributed by atoms with Crippen LogP contribution in [0.4, 0.5) is 17.1 Å². The lowest BCUT2D eigenvalue weighted by molar-refractivity contribution is -0.120. The number of thioether (sulfide) groups is 1. The van der Waals surface area contributed by atoms with E-state index >= 15 is 0 Å². The van der Waals surface area contributed by atoms with Crippen molar-refractivity contribution in [2.75, 3.05) is 15.5 Å². The van der Waals surface area contributed by atoms with Crippen LogP contribution < -0.4 is 15.5 Å². The number of halogens is 1. The molecule has 0 radical (unpaired) electrons. The number of imide groups is 1. The summed E-state index contributed by atoms with van der Waals surface area (Å²) in [5.41, 5.74) is 4.84. The third-order valence-electron chi connectivity index (χ3n) is 6.27. The highest BCUT2D eigenvalue weighted by atomic mass is 79.9. The lowest BCUT2D eigenvalue weighted by Gasteiger charge is -2.15. The molecule has 0 aromatic heterocycles. The first-order valence-electron chi connectivity index (χ1n) is 12.2. The normalized spacial score (nSPS) is 13.2. The third kappa shape index (κ3) is 5.82. The summed E-state index contributed by atoms with van der Waals surface area (Å²) in [4.78, 5) is 41.9. The number of para-hydroxylation sites is 1. The van der Waals surface area contributed by atoms with E-state index in [1.165, 1.54) is 16.7 Å². The summed E-state index contributed by atoms with van der Waals surface area (Å²) < 4.78 is 0.895. The Morgan fingerprint density at radius 3 is 2.10 bits per heavy atom. The molecule has 0 atom stereocenters. The van der Waals surface area contributed by atoms with Crippen molar-refractivity contribution in [1.29, 1.82) is 0 Å². The Morgan fingerprint density at radius 2 is 1.44 bits per heavy atom. The molecule has 2 N–H and O–H groups in total. The van der Waals surface area contributed by atoms with Gasteiger partial charge in [0.25, 0.3) is 17.7 Å². The van der Waals surface area contributed by atoms with Gasteiger partial charge in [-0.1, -0.05) is 52.0 Å². The van der Waals surface area contributed by atoms with E-state index in [1.807, 2.05) is 62.4 Å². The van der Waals surface area contributed by atoms with E-state index in [-0.39, 0.29) is 11.6 Å². The van der Waals surface area contributed by atoms with Crippen molar-refractivity contribution in [2.24, 2.45) is 0 Å². The Kier molecular flexibility index (Phi) is 7.67. The first-order chi connectivity index (χ1) is 18.8. The Morgan fingerprint density at radius 1 is 0.769 bits per heavy atom. The molecule has 0 aliphatic carbocycles. The van der Waals surface area contributed by atoms with Gasteiger partial charge in [-0.3, -0.25) is 14.4 Å². The van der Waals surface area contributed by atoms with Crippen LogP contribution in [-0.4, -0.2) is 17.7 Å². The van der Waals surface area contributed by atoms with Crippen LogP contribution in [0.5, 0.6) is 0 Å². The van der Waals surface area contributed by atoms with Crippen LogP contribution in [-0.2, 0) is 9.59 Å². The fourth-order valence-corrected chi connectivity index (χ4v) is 5.21. The molecule has 0 bridgehead atoms. The minimum Gasteiger partial charge on any atom is -0.350 e. The minimum atomic E-state index is -0.412. The summed E-state index contributed by atoms with van der Waals surface area (Å²) in [5.74, 6) is -1.03. The van der Waals surface area contributed by atoms with Crippen molar-refractivity contribution < 1.29 is 14.4 Å². The predicted octanol–water partition coefficient (Wildman–Crippen LogP) is 7.31. The first kappa shape index (κ1) is 26.5. The largest absolute Gasteiger partial charge is 0.350 e. The number of hydrogen-bond donors (Lipinski definition) is 2. The summed E-state index contributed by atoms with van der Waals surface area (Å²) in [6.07, 6.45) is 0. The van der Waals surface area contributed by atoms with E-state index in [0.29, 0.717) is 21.8 Å². The lowest BCUT2D eigenvalue weighted by Crippen LogP contribution is -2.32. The Hall–Kier alpha value is -4.14. The zero-order valence-electron chi connectivity index (χ0n) is 21.2. The molecule has 0 unspecified atom stereocenters. The molecule has 4 aromatic carbocycles. The fourth-order valence-electron chi connectivity index (χ4n) is 4.02. The van der Waals surface area contributed by atoms with Gasteiger partial charge in [0.1, 0.15) is 10.6 Å². The number of amides is 3. The minimum absolute atomic E-state index is 0.222. The molecule has 5 rings (SSSR count). The van der Waals surface area contributed by atoms with Gasteiger partial charge in [-0.05, 0) is 97.8 Å². The molecule has 1 heterocycles. The topological polar surface area (TPSA) is 78.5 Å². The summed E-state index contributed by atoms with van der Waals surface area (Å²) in [7, 11) is 0. The molecule has 0 saturated carbocycles. The van der Waals surface area contributed by atoms with Gasteiger partial charge >= 0.3 is 0 Å². The van der Waals surface area contributed by atoms with Crippen LogP contribution in [0.1, 0.15) is 21.5 Å². The smallest absolute Gasteiger partial charge is 0.283 e. The molecule has 39 heavy (non-hydrogen) atoms. The van der Waals surface area contributed by atoms with Gasteiger partial charge in [0.15, 0.2) is 0 Å². The molecule has 4 aromatic rings. The Labute approximate surface area is 239 Å². The van der Waals surface area contributed by atoms with Crippen LogP contribution in [0.15, 0.2) is 117 Å². The number of benzene rings is 4. The number of carbonyl (C=O) groups excluding carboxylic acids is 3. The number of nitrogens with one attached hydrogen (secondary N) is 2. The quantitative estimate of drug-likeness (QED) is 0.218. The van der Waals surface area contributed by atoms with Crippen LogP contribution in [0.3, 0.4) is 0 Å². The van der Waals surface area contributed by atoms with Crippen molar-refractivity contribution in [1.82, 2.24) is 0 Å². The van der Waals surface area contributed by atoms with Gasteiger partial charge < -0.3 is 10.6 Å². The highest BCUT2D eigenvalue weighted by Gasteiger charge is 2.40. The van der Waals surface area contributed by atoms with Crippen LogP contribution in [0.25, 0.3) is 0 Å². The molecule has 1 aliphatic rings. The van der Waals surface area contributed by atoms with Crippen molar-refractivity contribution >= 4 is 62.5 Å². The molecular weight excluding hydrogens is 574 g/mol. The lowest BCUT2D eigenvalue weighted by atomic mass is 10.1. The molecule has 1 aliphatic heterocycles. The SMILES string of the molecule is Cc1ccc(NC2=C(Sc3ccc(NC(=O)c4ccc(Br)cc4)cc3)C(=O)N(c3ccccc3)C2=O)cc1C. The Bertz CT molecular complexity index is 1600. The summed E-state index contributed by atoms with van der Waals surface area (Å²) in [6.45, 7) is 4.02. The Balaban J connectivity index is 1.41. The highest BCUT2D eigenvalue weighted by Crippen LogP contribution is 2.38. The average molecular weight is 599 g/mol. The number of nitrogens with zero attached hydrogens (tertiary/aromatic N) is 1. The maximum absolute atomic E-state index is 13.6. The summed E-state index contributed by atoms with van der Waals surface area (Å²) in [6, 6.07) is 29.0. The summed E-state index contributed by atoms with van der Waals surface area (Å²) >= 11 is 4.58. The first-order valence-corrected chi connectivity index (χ1v) is 13.8. The van der Waals surface area contributed by atoms with Crippen LogP contribution in [0.2, 0.25) is 0 Å².